The molecule has 0 aliphatic carbocycles. The number of nitrogens with zero attached hydrogens (tertiary/aromatic N) is 1. The summed E-state index contributed by atoms with van der Waals surface area (Å²) < 4.78 is 0. The molecule has 0 heterocycles. The Bertz CT molecular complexity index is 468. The Morgan fingerprint density at radius 1 is 1.32 bits per heavy atom. The lowest BCUT2D eigenvalue weighted by molar-refractivity contribution is -0.143. The minimum absolute atomic E-state index is 0.158. The van der Waals surface area contributed by atoms with Crippen molar-refractivity contribution < 1.29 is 14.7 Å². The van der Waals surface area contributed by atoms with Gasteiger partial charge in [0.25, 0.3) is 5.91 Å². The molecule has 4 heteroatoms. The summed E-state index contributed by atoms with van der Waals surface area (Å²) in [4.78, 5) is 25.2. The number of hydrogen-bond acceptors (Lipinski definition) is 2. The number of amides is 1. The smallest absolute Gasteiger partial charge is 0.326 e. The number of hydrogen-bond donors (Lipinski definition) is 1. The summed E-state index contributed by atoms with van der Waals surface area (Å²) in [5, 5.41) is 9.25. The first-order valence-electron chi connectivity index (χ1n) is 6.50. The molecule has 0 saturated carbocycles. The molecule has 0 fully saturated rings. The molecule has 1 rings (SSSR count). The number of carboxylic acid groups (broad SMARTS) is 1. The van der Waals surface area contributed by atoms with E-state index in [-0.39, 0.29) is 11.9 Å². The van der Waals surface area contributed by atoms with Crippen molar-refractivity contribution in [3.05, 3.63) is 35.4 Å². The van der Waals surface area contributed by atoms with Crippen molar-refractivity contribution in [3.8, 4) is 0 Å². The molecule has 0 aliphatic rings. The maximum atomic E-state index is 12.5. The van der Waals surface area contributed by atoms with E-state index < -0.39 is 12.0 Å². The Balaban J connectivity index is 3.12. The average molecular weight is 263 g/mol. The van der Waals surface area contributed by atoms with Gasteiger partial charge in [-0.3, -0.25) is 4.79 Å². The highest BCUT2D eigenvalue weighted by molar-refractivity contribution is 5.97. The van der Waals surface area contributed by atoms with E-state index in [2.05, 4.69) is 0 Å². The van der Waals surface area contributed by atoms with Crippen LogP contribution in [-0.2, 0) is 4.79 Å². The standard InChI is InChI=1S/C15H21NO3/c1-5-13(15(18)19)16(10(2)3)14(17)12-8-6-7-11(4)9-12/h6-10,13H,5H2,1-4H3,(H,18,19). The van der Waals surface area contributed by atoms with Crippen LogP contribution < -0.4 is 0 Å². The van der Waals surface area contributed by atoms with Gasteiger partial charge < -0.3 is 10.0 Å². The summed E-state index contributed by atoms with van der Waals surface area (Å²) in [6.45, 7) is 7.35. The number of aliphatic carboxylic acids is 1. The molecule has 104 valence electrons. The highest BCUT2D eigenvalue weighted by atomic mass is 16.4. The topological polar surface area (TPSA) is 57.6 Å². The number of aryl methyl sites for hydroxylation is 1. The number of carboxylic acids is 1. The molecule has 0 radical (unpaired) electrons. The van der Waals surface area contributed by atoms with Gasteiger partial charge in [-0.15, -0.1) is 0 Å². The number of carbonyl (C=O) groups excluding carboxylic acids is 1. The highest BCUT2D eigenvalue weighted by Gasteiger charge is 2.30. The van der Waals surface area contributed by atoms with Crippen LogP contribution in [0.2, 0.25) is 0 Å². The second-order valence-electron chi connectivity index (χ2n) is 4.94. The zero-order valence-corrected chi connectivity index (χ0v) is 11.9. The van der Waals surface area contributed by atoms with E-state index in [4.69, 9.17) is 0 Å². The number of rotatable bonds is 5. The first-order valence-corrected chi connectivity index (χ1v) is 6.50. The van der Waals surface area contributed by atoms with Gasteiger partial charge in [0, 0.05) is 11.6 Å². The second-order valence-corrected chi connectivity index (χ2v) is 4.94. The Morgan fingerprint density at radius 3 is 2.37 bits per heavy atom. The van der Waals surface area contributed by atoms with Crippen LogP contribution in [-0.4, -0.2) is 34.0 Å². The van der Waals surface area contributed by atoms with Crippen molar-refractivity contribution in [2.45, 2.75) is 46.2 Å². The maximum Gasteiger partial charge on any atom is 0.326 e. The van der Waals surface area contributed by atoms with Gasteiger partial charge in [0.2, 0.25) is 0 Å². The van der Waals surface area contributed by atoms with Crippen molar-refractivity contribution in [2.75, 3.05) is 0 Å². The minimum Gasteiger partial charge on any atom is -0.480 e. The zero-order chi connectivity index (χ0) is 14.6. The normalized spacial score (nSPS) is 12.3. The SMILES string of the molecule is CCC(C(=O)O)N(C(=O)c1cccc(C)c1)C(C)C. The Hall–Kier alpha value is -1.84. The molecular weight excluding hydrogens is 242 g/mol. The Morgan fingerprint density at radius 2 is 1.95 bits per heavy atom. The lowest BCUT2D eigenvalue weighted by Crippen LogP contribution is -2.48. The molecule has 0 spiro atoms. The molecule has 0 bridgehead atoms. The van der Waals surface area contributed by atoms with Crippen molar-refractivity contribution in [1.29, 1.82) is 0 Å². The van der Waals surface area contributed by atoms with E-state index in [1.54, 1.807) is 19.1 Å². The molecule has 1 unspecified atom stereocenters. The molecular formula is C15H21NO3. The van der Waals surface area contributed by atoms with Crippen LogP contribution in [0.5, 0.6) is 0 Å². The Labute approximate surface area is 114 Å². The predicted molar refractivity (Wildman–Crippen MR) is 74.2 cm³/mol. The molecule has 0 saturated heterocycles. The van der Waals surface area contributed by atoms with Gasteiger partial charge in [0.1, 0.15) is 6.04 Å². The van der Waals surface area contributed by atoms with Crippen molar-refractivity contribution in [1.82, 2.24) is 4.90 Å². The van der Waals surface area contributed by atoms with Gasteiger partial charge in [-0.05, 0) is 39.3 Å². The van der Waals surface area contributed by atoms with E-state index >= 15 is 0 Å². The molecule has 19 heavy (non-hydrogen) atoms. The molecule has 0 aromatic heterocycles. The number of carbonyl (C=O) groups is 2. The van der Waals surface area contributed by atoms with Gasteiger partial charge in [0.05, 0.1) is 0 Å². The fraction of sp³-hybridized carbons (Fsp3) is 0.467. The van der Waals surface area contributed by atoms with Crippen LogP contribution >= 0.6 is 0 Å². The summed E-state index contributed by atoms with van der Waals surface area (Å²) in [5.41, 5.74) is 1.52. The lowest BCUT2D eigenvalue weighted by Gasteiger charge is -2.32. The monoisotopic (exact) mass is 263 g/mol. The highest BCUT2D eigenvalue weighted by Crippen LogP contribution is 2.16. The van der Waals surface area contributed by atoms with E-state index in [9.17, 15) is 14.7 Å². The molecule has 0 aliphatic heterocycles. The van der Waals surface area contributed by atoms with Gasteiger partial charge in [-0.1, -0.05) is 24.6 Å². The third-order valence-corrected chi connectivity index (χ3v) is 3.06. The zero-order valence-electron chi connectivity index (χ0n) is 11.9. The second kappa shape index (κ2) is 6.36. The Kier molecular flexibility index (Phi) is 5.10. The van der Waals surface area contributed by atoms with Gasteiger partial charge >= 0.3 is 5.97 Å². The summed E-state index contributed by atoms with van der Waals surface area (Å²) in [7, 11) is 0. The quantitative estimate of drug-likeness (QED) is 0.888. The lowest BCUT2D eigenvalue weighted by atomic mass is 10.1. The summed E-state index contributed by atoms with van der Waals surface area (Å²) in [6.07, 6.45) is 0.394. The van der Waals surface area contributed by atoms with Crippen LogP contribution in [0.15, 0.2) is 24.3 Å². The van der Waals surface area contributed by atoms with Crippen LogP contribution in [0.4, 0.5) is 0 Å². The third-order valence-electron chi connectivity index (χ3n) is 3.06. The molecule has 1 atom stereocenters. The maximum absolute atomic E-state index is 12.5. The summed E-state index contributed by atoms with van der Waals surface area (Å²) in [5.74, 6) is -1.19. The van der Waals surface area contributed by atoms with E-state index in [0.717, 1.165) is 5.56 Å². The first kappa shape index (κ1) is 15.2. The van der Waals surface area contributed by atoms with E-state index in [1.165, 1.54) is 4.90 Å². The van der Waals surface area contributed by atoms with Crippen molar-refractivity contribution in [2.24, 2.45) is 0 Å². The third kappa shape index (κ3) is 3.56. The first-order chi connectivity index (χ1) is 8.88. The molecule has 1 amide bonds. The molecule has 1 aromatic carbocycles. The summed E-state index contributed by atoms with van der Waals surface area (Å²) in [6, 6.07) is 6.28. The fourth-order valence-electron chi connectivity index (χ4n) is 2.15. The van der Waals surface area contributed by atoms with E-state index in [1.807, 2.05) is 32.9 Å². The molecule has 1 aromatic rings. The van der Waals surface area contributed by atoms with Gasteiger partial charge in [-0.25, -0.2) is 4.79 Å². The van der Waals surface area contributed by atoms with Crippen LogP contribution in [0.1, 0.15) is 43.1 Å². The van der Waals surface area contributed by atoms with Crippen LogP contribution in [0, 0.1) is 6.92 Å². The predicted octanol–water partition coefficient (Wildman–Crippen LogP) is 2.71. The minimum atomic E-state index is -0.961. The van der Waals surface area contributed by atoms with Gasteiger partial charge in [0.15, 0.2) is 0 Å². The largest absolute Gasteiger partial charge is 0.480 e. The molecule has 4 nitrogen and oxygen atoms in total. The van der Waals surface area contributed by atoms with Crippen molar-refractivity contribution >= 4 is 11.9 Å². The molecule has 1 N–H and O–H groups in total. The van der Waals surface area contributed by atoms with Crippen LogP contribution in [0.25, 0.3) is 0 Å². The number of benzene rings is 1. The van der Waals surface area contributed by atoms with Crippen LogP contribution in [0.3, 0.4) is 0 Å². The average Bonchev–Trinajstić information content (AvgIpc) is 2.34. The van der Waals surface area contributed by atoms with Gasteiger partial charge in [-0.2, -0.15) is 0 Å². The fourth-order valence-corrected chi connectivity index (χ4v) is 2.15. The van der Waals surface area contributed by atoms with E-state index in [0.29, 0.717) is 12.0 Å². The van der Waals surface area contributed by atoms with Crippen molar-refractivity contribution in [3.63, 3.8) is 0 Å². The summed E-state index contributed by atoms with van der Waals surface area (Å²) >= 11 is 0.